The summed E-state index contributed by atoms with van der Waals surface area (Å²) in [6.07, 6.45) is 5.87. The highest BCUT2D eigenvalue weighted by Gasteiger charge is 2.25. The SMILES string of the molecule is CCCC(C)C(=O)C1CCCCS1. The number of Topliss-reactive ketones (excluding diaryl/α,β-unsaturated/α-hetero) is 1. The van der Waals surface area contributed by atoms with E-state index in [2.05, 4.69) is 13.8 Å². The number of rotatable bonds is 4. The summed E-state index contributed by atoms with van der Waals surface area (Å²) in [4.78, 5) is 11.9. The van der Waals surface area contributed by atoms with Gasteiger partial charge < -0.3 is 0 Å². The first-order chi connectivity index (χ1) is 6.25. The minimum atomic E-state index is 0.292. The van der Waals surface area contributed by atoms with Gasteiger partial charge in [-0.3, -0.25) is 4.79 Å². The van der Waals surface area contributed by atoms with Crippen LogP contribution in [0, 0.1) is 5.92 Å². The summed E-state index contributed by atoms with van der Waals surface area (Å²) in [5, 5.41) is 0.329. The molecule has 0 saturated carbocycles. The van der Waals surface area contributed by atoms with Crippen LogP contribution >= 0.6 is 11.8 Å². The van der Waals surface area contributed by atoms with Crippen LogP contribution in [0.4, 0.5) is 0 Å². The Hall–Kier alpha value is 0.0200. The minimum Gasteiger partial charge on any atom is -0.298 e. The fraction of sp³-hybridized carbons (Fsp3) is 0.909. The maximum atomic E-state index is 11.9. The Kier molecular flexibility index (Phi) is 4.86. The van der Waals surface area contributed by atoms with Gasteiger partial charge in [-0.05, 0) is 25.0 Å². The van der Waals surface area contributed by atoms with E-state index in [0.717, 1.165) is 19.3 Å². The number of hydrogen-bond acceptors (Lipinski definition) is 2. The van der Waals surface area contributed by atoms with Crippen LogP contribution in [0.3, 0.4) is 0 Å². The topological polar surface area (TPSA) is 17.1 Å². The standard InChI is InChI=1S/C11H20OS/c1-3-6-9(2)11(12)10-7-4-5-8-13-10/h9-10H,3-8H2,1-2H3. The van der Waals surface area contributed by atoms with E-state index in [1.54, 1.807) is 0 Å². The van der Waals surface area contributed by atoms with Crippen molar-refractivity contribution in [1.82, 2.24) is 0 Å². The lowest BCUT2D eigenvalue weighted by atomic mass is 9.96. The Bertz CT molecular complexity index is 161. The molecule has 0 aromatic rings. The van der Waals surface area contributed by atoms with Crippen molar-refractivity contribution in [3.63, 3.8) is 0 Å². The summed E-state index contributed by atoms with van der Waals surface area (Å²) in [6.45, 7) is 4.23. The van der Waals surface area contributed by atoms with Crippen LogP contribution in [-0.2, 0) is 4.79 Å². The van der Waals surface area contributed by atoms with E-state index < -0.39 is 0 Å². The Morgan fingerprint density at radius 1 is 1.54 bits per heavy atom. The van der Waals surface area contributed by atoms with Crippen molar-refractivity contribution in [2.45, 2.75) is 51.2 Å². The molecule has 1 saturated heterocycles. The molecular weight excluding hydrogens is 180 g/mol. The summed E-state index contributed by atoms with van der Waals surface area (Å²) in [7, 11) is 0. The van der Waals surface area contributed by atoms with Crippen LogP contribution in [0.15, 0.2) is 0 Å². The Morgan fingerprint density at radius 3 is 2.85 bits per heavy atom. The highest BCUT2D eigenvalue weighted by atomic mass is 32.2. The van der Waals surface area contributed by atoms with Crippen molar-refractivity contribution >= 4 is 17.5 Å². The average Bonchev–Trinajstić information content (AvgIpc) is 2.18. The van der Waals surface area contributed by atoms with E-state index in [1.165, 1.54) is 18.6 Å². The molecular formula is C11H20OS. The van der Waals surface area contributed by atoms with E-state index in [0.29, 0.717) is 17.0 Å². The predicted molar refractivity (Wildman–Crippen MR) is 59.2 cm³/mol. The van der Waals surface area contributed by atoms with Crippen molar-refractivity contribution < 1.29 is 4.79 Å². The lowest BCUT2D eigenvalue weighted by Crippen LogP contribution is -2.26. The van der Waals surface area contributed by atoms with Gasteiger partial charge in [0.1, 0.15) is 5.78 Å². The molecule has 1 nitrogen and oxygen atoms in total. The second-order valence-corrected chi connectivity index (χ2v) is 5.26. The van der Waals surface area contributed by atoms with E-state index >= 15 is 0 Å². The fourth-order valence-electron chi connectivity index (χ4n) is 1.86. The molecule has 1 heterocycles. The van der Waals surface area contributed by atoms with Gasteiger partial charge in [0.15, 0.2) is 0 Å². The Morgan fingerprint density at radius 2 is 2.31 bits per heavy atom. The lowest BCUT2D eigenvalue weighted by Gasteiger charge is -2.22. The molecule has 2 atom stereocenters. The maximum absolute atomic E-state index is 11.9. The van der Waals surface area contributed by atoms with Crippen molar-refractivity contribution in [3.8, 4) is 0 Å². The number of carbonyl (C=O) groups excluding carboxylic acids is 1. The van der Waals surface area contributed by atoms with Gasteiger partial charge in [0, 0.05) is 5.92 Å². The molecule has 0 N–H and O–H groups in total. The third-order valence-electron chi connectivity index (χ3n) is 2.70. The summed E-state index contributed by atoms with van der Waals surface area (Å²) < 4.78 is 0. The molecule has 1 aliphatic heterocycles. The molecule has 2 unspecified atom stereocenters. The first-order valence-electron chi connectivity index (χ1n) is 5.41. The van der Waals surface area contributed by atoms with E-state index in [-0.39, 0.29) is 0 Å². The fourth-order valence-corrected chi connectivity index (χ4v) is 3.24. The number of ketones is 1. The number of thioether (sulfide) groups is 1. The molecule has 1 aliphatic rings. The molecule has 1 fully saturated rings. The molecule has 0 aromatic carbocycles. The molecule has 0 amide bonds. The van der Waals surface area contributed by atoms with Crippen molar-refractivity contribution in [1.29, 1.82) is 0 Å². The van der Waals surface area contributed by atoms with Crippen LogP contribution in [-0.4, -0.2) is 16.8 Å². The molecule has 2 heteroatoms. The predicted octanol–water partition coefficient (Wildman–Crippen LogP) is 3.28. The summed E-state index contributed by atoms with van der Waals surface area (Å²) in [5.74, 6) is 1.99. The van der Waals surface area contributed by atoms with Gasteiger partial charge in [-0.2, -0.15) is 11.8 Å². The monoisotopic (exact) mass is 200 g/mol. The van der Waals surface area contributed by atoms with Crippen molar-refractivity contribution in [3.05, 3.63) is 0 Å². The summed E-state index contributed by atoms with van der Waals surface area (Å²) in [5.41, 5.74) is 0. The van der Waals surface area contributed by atoms with Crippen LogP contribution < -0.4 is 0 Å². The highest BCUT2D eigenvalue weighted by Crippen LogP contribution is 2.28. The van der Waals surface area contributed by atoms with Gasteiger partial charge >= 0.3 is 0 Å². The van der Waals surface area contributed by atoms with Gasteiger partial charge in [0.25, 0.3) is 0 Å². The minimum absolute atomic E-state index is 0.292. The molecule has 0 spiro atoms. The quantitative estimate of drug-likeness (QED) is 0.693. The van der Waals surface area contributed by atoms with Gasteiger partial charge in [0.05, 0.1) is 5.25 Å². The van der Waals surface area contributed by atoms with E-state index in [1.807, 2.05) is 11.8 Å². The maximum Gasteiger partial charge on any atom is 0.148 e. The van der Waals surface area contributed by atoms with E-state index in [4.69, 9.17) is 0 Å². The molecule has 13 heavy (non-hydrogen) atoms. The van der Waals surface area contributed by atoms with E-state index in [9.17, 15) is 4.79 Å². The zero-order chi connectivity index (χ0) is 9.68. The van der Waals surface area contributed by atoms with Crippen molar-refractivity contribution in [2.24, 2.45) is 5.92 Å². The number of hydrogen-bond donors (Lipinski definition) is 0. The zero-order valence-electron chi connectivity index (χ0n) is 8.71. The first-order valence-corrected chi connectivity index (χ1v) is 6.46. The van der Waals surface area contributed by atoms with Crippen LogP contribution in [0.25, 0.3) is 0 Å². The van der Waals surface area contributed by atoms with Crippen LogP contribution in [0.1, 0.15) is 46.0 Å². The molecule has 0 radical (unpaired) electrons. The largest absolute Gasteiger partial charge is 0.298 e. The molecule has 0 aliphatic carbocycles. The Labute approximate surface area is 85.7 Å². The second kappa shape index (κ2) is 5.69. The lowest BCUT2D eigenvalue weighted by molar-refractivity contribution is -0.122. The molecule has 0 bridgehead atoms. The first kappa shape index (κ1) is 11.1. The third-order valence-corrected chi connectivity index (χ3v) is 4.10. The Balaban J connectivity index is 2.36. The van der Waals surface area contributed by atoms with Gasteiger partial charge in [-0.1, -0.05) is 26.7 Å². The van der Waals surface area contributed by atoms with Crippen molar-refractivity contribution in [2.75, 3.05) is 5.75 Å². The highest BCUT2D eigenvalue weighted by molar-refractivity contribution is 8.00. The average molecular weight is 200 g/mol. The third kappa shape index (κ3) is 3.34. The van der Waals surface area contributed by atoms with Gasteiger partial charge in [0.2, 0.25) is 0 Å². The van der Waals surface area contributed by atoms with Gasteiger partial charge in [-0.15, -0.1) is 0 Å². The summed E-state index contributed by atoms with van der Waals surface area (Å²) in [6, 6.07) is 0. The molecule has 1 rings (SSSR count). The van der Waals surface area contributed by atoms with Gasteiger partial charge in [-0.25, -0.2) is 0 Å². The smallest absolute Gasteiger partial charge is 0.148 e. The number of carbonyl (C=O) groups is 1. The second-order valence-electron chi connectivity index (χ2n) is 3.95. The molecule has 76 valence electrons. The van der Waals surface area contributed by atoms with Crippen LogP contribution in [0.5, 0.6) is 0 Å². The molecule has 0 aromatic heterocycles. The zero-order valence-corrected chi connectivity index (χ0v) is 9.53. The normalized spacial score (nSPS) is 25.5. The summed E-state index contributed by atoms with van der Waals surface area (Å²) >= 11 is 1.88. The van der Waals surface area contributed by atoms with Crippen LogP contribution in [0.2, 0.25) is 0 Å².